The second-order valence-corrected chi connectivity index (χ2v) is 9.83. The number of hydrogen-bond donors (Lipinski definition) is 3. The number of ether oxygens (including phenoxy) is 2. The van der Waals surface area contributed by atoms with E-state index < -0.39 is 60.3 Å². The number of methoxy groups -OCH3 is 1. The molecule has 0 saturated heterocycles. The Hall–Kier alpha value is -3.40. The predicted octanol–water partition coefficient (Wildman–Crippen LogP) is 2.17. The molecule has 0 saturated carbocycles. The van der Waals surface area contributed by atoms with Crippen LogP contribution in [0.25, 0.3) is 6.08 Å². The van der Waals surface area contributed by atoms with Gasteiger partial charge in [0.05, 0.1) is 13.7 Å². The Morgan fingerprint density at radius 2 is 1.77 bits per heavy atom. The Labute approximate surface area is 206 Å². The highest BCUT2D eigenvalue weighted by Crippen LogP contribution is 2.30. The van der Waals surface area contributed by atoms with E-state index in [4.69, 9.17) is 4.74 Å². The van der Waals surface area contributed by atoms with E-state index in [1.807, 2.05) is 0 Å². The molecule has 10 nitrogen and oxygen atoms in total. The lowest BCUT2D eigenvalue weighted by atomic mass is 9.94. The summed E-state index contributed by atoms with van der Waals surface area (Å²) in [5, 5.41) is 14.8. The fourth-order valence-corrected chi connectivity index (χ4v) is 3.25. The van der Waals surface area contributed by atoms with Crippen molar-refractivity contribution >= 4 is 30.0 Å². The molecule has 1 aromatic carbocycles. The van der Waals surface area contributed by atoms with Crippen molar-refractivity contribution < 1.29 is 33.8 Å². The molecule has 0 aliphatic heterocycles. The number of benzene rings is 1. The molecular formula is C25H37N3O7. The SMILES string of the molecule is C=Cc1cccc(C(C(=O)NCC(=O)OC)N(C(=O)C(CO)NC(=O)OC(C)(C)C)C(C)(C)C)c1. The van der Waals surface area contributed by atoms with Crippen molar-refractivity contribution in [1.29, 1.82) is 0 Å². The number of nitrogens with one attached hydrogen (secondary N) is 2. The molecule has 2 unspecified atom stereocenters. The van der Waals surface area contributed by atoms with Crippen LogP contribution < -0.4 is 10.6 Å². The maximum absolute atomic E-state index is 13.7. The first-order valence-electron chi connectivity index (χ1n) is 11.1. The van der Waals surface area contributed by atoms with Crippen LogP contribution in [0.1, 0.15) is 58.7 Å². The molecule has 2 atom stereocenters. The summed E-state index contributed by atoms with van der Waals surface area (Å²) in [6.45, 7) is 12.7. The van der Waals surface area contributed by atoms with Crippen molar-refractivity contribution in [3.05, 3.63) is 42.0 Å². The van der Waals surface area contributed by atoms with Gasteiger partial charge < -0.3 is 30.1 Å². The number of carbonyl (C=O) groups excluding carboxylic acids is 4. The Balaban J connectivity index is 3.50. The van der Waals surface area contributed by atoms with E-state index in [-0.39, 0.29) is 0 Å². The van der Waals surface area contributed by atoms with Crippen LogP contribution in [0, 0.1) is 0 Å². The number of aliphatic hydroxyl groups excluding tert-OH is 1. The topological polar surface area (TPSA) is 134 Å². The molecule has 0 aliphatic carbocycles. The maximum atomic E-state index is 13.7. The van der Waals surface area contributed by atoms with E-state index >= 15 is 0 Å². The van der Waals surface area contributed by atoms with Gasteiger partial charge in [-0.1, -0.05) is 30.9 Å². The molecule has 35 heavy (non-hydrogen) atoms. The molecule has 0 bridgehead atoms. The van der Waals surface area contributed by atoms with E-state index in [1.165, 1.54) is 12.0 Å². The quantitative estimate of drug-likeness (QED) is 0.451. The molecule has 0 spiro atoms. The van der Waals surface area contributed by atoms with Gasteiger partial charge >= 0.3 is 12.1 Å². The summed E-state index contributed by atoms with van der Waals surface area (Å²) in [5.74, 6) is -2.02. The first kappa shape index (κ1) is 29.6. The average Bonchev–Trinajstić information content (AvgIpc) is 2.76. The van der Waals surface area contributed by atoms with Gasteiger partial charge in [-0.3, -0.25) is 14.4 Å². The number of carbonyl (C=O) groups is 4. The second-order valence-electron chi connectivity index (χ2n) is 9.83. The summed E-state index contributed by atoms with van der Waals surface area (Å²) in [4.78, 5) is 52.3. The van der Waals surface area contributed by atoms with Gasteiger partial charge in [0.25, 0.3) is 0 Å². The minimum Gasteiger partial charge on any atom is -0.468 e. The first-order chi connectivity index (χ1) is 16.1. The van der Waals surface area contributed by atoms with Crippen molar-refractivity contribution in [2.75, 3.05) is 20.3 Å². The van der Waals surface area contributed by atoms with Crippen molar-refractivity contribution in [3.63, 3.8) is 0 Å². The number of aliphatic hydroxyl groups is 1. The van der Waals surface area contributed by atoms with E-state index in [1.54, 1.807) is 71.9 Å². The standard InChI is InChI=1S/C25H37N3O7/c1-9-16-11-10-12-17(13-16)20(21(31)26-14-19(30)34-8)28(24(2,3)4)22(32)18(15-29)27-23(33)35-25(5,6)7/h9-13,18,20,29H,1,14-15H2,2-8H3,(H,26,31)(H,27,33). The zero-order chi connectivity index (χ0) is 27.0. The molecule has 194 valence electrons. The van der Waals surface area contributed by atoms with Gasteiger partial charge in [0.1, 0.15) is 24.2 Å². The number of nitrogens with zero attached hydrogens (tertiary/aromatic N) is 1. The van der Waals surface area contributed by atoms with Crippen LogP contribution in [0.15, 0.2) is 30.8 Å². The van der Waals surface area contributed by atoms with Crippen molar-refractivity contribution in [1.82, 2.24) is 15.5 Å². The zero-order valence-corrected chi connectivity index (χ0v) is 21.5. The van der Waals surface area contributed by atoms with Gasteiger partial charge in [-0.05, 0) is 58.7 Å². The van der Waals surface area contributed by atoms with Crippen LogP contribution in [0.4, 0.5) is 4.79 Å². The Morgan fingerprint density at radius 3 is 2.26 bits per heavy atom. The molecule has 3 N–H and O–H groups in total. The second kappa shape index (κ2) is 12.3. The van der Waals surface area contributed by atoms with Crippen LogP contribution in [0.3, 0.4) is 0 Å². The molecule has 1 rings (SSSR count). The first-order valence-corrected chi connectivity index (χ1v) is 11.1. The Bertz CT molecular complexity index is 932. The number of amides is 3. The van der Waals surface area contributed by atoms with E-state index in [0.29, 0.717) is 11.1 Å². The van der Waals surface area contributed by atoms with Crippen molar-refractivity contribution in [3.8, 4) is 0 Å². The van der Waals surface area contributed by atoms with E-state index in [9.17, 15) is 24.3 Å². The van der Waals surface area contributed by atoms with E-state index in [2.05, 4.69) is 21.9 Å². The lowest BCUT2D eigenvalue weighted by Crippen LogP contribution is -2.59. The molecule has 0 aliphatic rings. The highest BCUT2D eigenvalue weighted by Gasteiger charge is 2.41. The third-order valence-electron chi connectivity index (χ3n) is 4.74. The molecule has 0 radical (unpaired) electrons. The van der Waals surface area contributed by atoms with Crippen molar-refractivity contribution in [2.45, 2.75) is 64.8 Å². The largest absolute Gasteiger partial charge is 0.468 e. The molecular weight excluding hydrogens is 454 g/mol. The van der Waals surface area contributed by atoms with Gasteiger partial charge in [-0.15, -0.1) is 0 Å². The fraction of sp³-hybridized carbons (Fsp3) is 0.520. The lowest BCUT2D eigenvalue weighted by molar-refractivity contribution is -0.150. The smallest absolute Gasteiger partial charge is 0.408 e. The van der Waals surface area contributed by atoms with Gasteiger partial charge in [-0.25, -0.2) is 4.79 Å². The highest BCUT2D eigenvalue weighted by atomic mass is 16.6. The number of rotatable bonds is 9. The van der Waals surface area contributed by atoms with Crippen molar-refractivity contribution in [2.24, 2.45) is 0 Å². The van der Waals surface area contributed by atoms with Gasteiger partial charge in [0.2, 0.25) is 11.8 Å². The summed E-state index contributed by atoms with van der Waals surface area (Å²) < 4.78 is 9.81. The molecule has 3 amide bonds. The Morgan fingerprint density at radius 1 is 1.14 bits per heavy atom. The molecule has 0 heterocycles. The number of hydrogen-bond acceptors (Lipinski definition) is 7. The highest BCUT2D eigenvalue weighted by molar-refractivity contribution is 5.93. The fourth-order valence-electron chi connectivity index (χ4n) is 3.25. The summed E-state index contributed by atoms with van der Waals surface area (Å²) in [6.07, 6.45) is 0.704. The number of alkyl carbamates (subject to hydrolysis) is 1. The molecule has 10 heteroatoms. The monoisotopic (exact) mass is 491 g/mol. The summed E-state index contributed by atoms with van der Waals surface area (Å²) >= 11 is 0. The van der Waals surface area contributed by atoms with Crippen LogP contribution in [0.2, 0.25) is 0 Å². The maximum Gasteiger partial charge on any atom is 0.408 e. The summed E-state index contributed by atoms with van der Waals surface area (Å²) in [7, 11) is 1.19. The van der Waals surface area contributed by atoms with Crippen LogP contribution in [-0.2, 0) is 23.9 Å². The zero-order valence-electron chi connectivity index (χ0n) is 21.5. The van der Waals surface area contributed by atoms with E-state index in [0.717, 1.165) is 0 Å². The summed E-state index contributed by atoms with van der Waals surface area (Å²) in [5.41, 5.74) is -0.613. The predicted molar refractivity (Wildman–Crippen MR) is 131 cm³/mol. The molecule has 0 aromatic heterocycles. The van der Waals surface area contributed by atoms with Crippen LogP contribution in [0.5, 0.6) is 0 Å². The summed E-state index contributed by atoms with van der Waals surface area (Å²) in [6, 6.07) is 4.25. The third kappa shape index (κ3) is 9.05. The van der Waals surface area contributed by atoms with Crippen LogP contribution >= 0.6 is 0 Å². The van der Waals surface area contributed by atoms with Gasteiger partial charge in [-0.2, -0.15) is 0 Å². The average molecular weight is 492 g/mol. The normalized spacial score (nSPS) is 13.1. The number of esters is 1. The molecule has 1 aromatic rings. The Kier molecular flexibility index (Phi) is 10.5. The molecule has 0 fully saturated rings. The minimum atomic E-state index is -1.39. The third-order valence-corrected chi connectivity index (χ3v) is 4.74. The minimum absolute atomic E-state index is 0.404. The van der Waals surface area contributed by atoms with Gasteiger partial charge in [0.15, 0.2) is 0 Å². The lowest BCUT2D eigenvalue weighted by Gasteiger charge is -2.42. The van der Waals surface area contributed by atoms with Gasteiger partial charge in [0, 0.05) is 5.54 Å². The van der Waals surface area contributed by atoms with Crippen LogP contribution in [-0.4, -0.2) is 71.3 Å².